The van der Waals surface area contributed by atoms with Crippen LogP contribution in [0.4, 0.5) is 5.69 Å². The van der Waals surface area contributed by atoms with Crippen molar-refractivity contribution in [2.75, 3.05) is 38.3 Å². The Hall–Kier alpha value is -3.32. The molecule has 0 aromatic heterocycles. The second-order valence-corrected chi connectivity index (χ2v) is 11.0. The summed E-state index contributed by atoms with van der Waals surface area (Å²) in [4.78, 5) is 30.7. The molecule has 0 radical (unpaired) electrons. The molecule has 1 N–H and O–H groups in total. The lowest BCUT2D eigenvalue weighted by Gasteiger charge is -2.28. The molecule has 2 aromatic rings. The molecular weight excluding hydrogens is 480 g/mol. The Labute approximate surface area is 226 Å². The summed E-state index contributed by atoms with van der Waals surface area (Å²) in [5, 5.41) is 11.7. The SMILES string of the molecule is CCN(CC)c1ccc(C2/C(=C(\O)c3cc(C(C)(C)C)ccc3OC)C(=O)C(=O)N2CC2CCCO2)cc1. The molecule has 2 unspecified atom stereocenters. The largest absolute Gasteiger partial charge is 0.507 e. The highest BCUT2D eigenvalue weighted by Gasteiger charge is 2.47. The summed E-state index contributed by atoms with van der Waals surface area (Å²) < 4.78 is 11.4. The standard InChI is InChI=1S/C31H40N2O5/c1-7-32(8-2)22-14-11-20(12-15-22)27-26(29(35)30(36)33(27)19-23-10-9-17-38-23)28(34)24-18-21(31(3,4)5)13-16-25(24)37-6/h11-16,18,23,27,34H,7-10,17,19H2,1-6H3/b28-26+. The molecule has 1 amide bonds. The molecule has 4 rings (SSSR count). The predicted molar refractivity (Wildman–Crippen MR) is 150 cm³/mol. The fraction of sp³-hybridized carbons (Fsp3) is 0.484. The number of nitrogens with zero attached hydrogens (tertiary/aromatic N) is 2. The molecule has 7 nitrogen and oxygen atoms in total. The average Bonchev–Trinajstić information content (AvgIpc) is 3.51. The highest BCUT2D eigenvalue weighted by molar-refractivity contribution is 6.46. The molecule has 2 saturated heterocycles. The number of ketones is 1. The quantitative estimate of drug-likeness (QED) is 0.284. The first-order valence-electron chi connectivity index (χ1n) is 13.5. The van der Waals surface area contributed by atoms with Crippen molar-refractivity contribution in [3.8, 4) is 5.75 Å². The molecule has 2 aliphatic rings. The van der Waals surface area contributed by atoms with Crippen LogP contribution in [0.25, 0.3) is 5.76 Å². The van der Waals surface area contributed by atoms with Gasteiger partial charge in [0.1, 0.15) is 11.5 Å². The Balaban J connectivity index is 1.87. The maximum atomic E-state index is 13.5. The minimum absolute atomic E-state index is 0.0768. The van der Waals surface area contributed by atoms with E-state index in [1.165, 1.54) is 7.11 Å². The number of carbonyl (C=O) groups excluding carboxylic acids is 2. The van der Waals surface area contributed by atoms with Crippen molar-refractivity contribution in [2.24, 2.45) is 0 Å². The zero-order valence-corrected chi connectivity index (χ0v) is 23.4. The summed E-state index contributed by atoms with van der Waals surface area (Å²) in [5.41, 5.74) is 3.11. The van der Waals surface area contributed by atoms with Gasteiger partial charge in [-0.1, -0.05) is 39.0 Å². The fourth-order valence-corrected chi connectivity index (χ4v) is 5.38. The zero-order valence-electron chi connectivity index (χ0n) is 23.4. The molecule has 7 heteroatoms. The van der Waals surface area contributed by atoms with Gasteiger partial charge in [-0.05, 0) is 67.5 Å². The van der Waals surface area contributed by atoms with Gasteiger partial charge in [0, 0.05) is 31.9 Å². The molecule has 0 bridgehead atoms. The fourth-order valence-electron chi connectivity index (χ4n) is 5.38. The molecule has 204 valence electrons. The van der Waals surface area contributed by atoms with Crippen molar-refractivity contribution in [2.45, 2.75) is 65.0 Å². The van der Waals surface area contributed by atoms with Crippen LogP contribution in [-0.2, 0) is 19.7 Å². The normalized spacial score (nSPS) is 21.3. The van der Waals surface area contributed by atoms with Crippen molar-refractivity contribution < 1.29 is 24.2 Å². The summed E-state index contributed by atoms with van der Waals surface area (Å²) in [6.45, 7) is 13.1. The lowest BCUT2D eigenvalue weighted by Crippen LogP contribution is -2.36. The molecule has 38 heavy (non-hydrogen) atoms. The Morgan fingerprint density at radius 1 is 1.11 bits per heavy atom. The number of aliphatic hydroxyl groups is 1. The van der Waals surface area contributed by atoms with Crippen LogP contribution in [0.3, 0.4) is 0 Å². The molecule has 2 aliphatic heterocycles. The summed E-state index contributed by atoms with van der Waals surface area (Å²) in [6.07, 6.45) is 1.62. The van der Waals surface area contributed by atoms with E-state index >= 15 is 0 Å². The molecule has 2 atom stereocenters. The minimum atomic E-state index is -0.729. The third-order valence-corrected chi connectivity index (χ3v) is 7.62. The smallest absolute Gasteiger partial charge is 0.295 e. The van der Waals surface area contributed by atoms with E-state index in [-0.39, 0.29) is 22.9 Å². The van der Waals surface area contributed by atoms with Gasteiger partial charge in [0.2, 0.25) is 0 Å². The van der Waals surface area contributed by atoms with Crippen molar-refractivity contribution >= 4 is 23.1 Å². The number of Topliss-reactive ketones (excluding diaryl/α,β-unsaturated/α-hetero) is 1. The van der Waals surface area contributed by atoms with E-state index in [2.05, 4.69) is 39.5 Å². The second-order valence-electron chi connectivity index (χ2n) is 11.0. The van der Waals surface area contributed by atoms with E-state index in [0.717, 1.165) is 42.7 Å². The van der Waals surface area contributed by atoms with Gasteiger partial charge in [-0.15, -0.1) is 0 Å². The van der Waals surface area contributed by atoms with Gasteiger partial charge < -0.3 is 24.4 Å². The Morgan fingerprint density at radius 2 is 1.79 bits per heavy atom. The number of hydrogen-bond acceptors (Lipinski definition) is 6. The number of anilines is 1. The Morgan fingerprint density at radius 3 is 2.34 bits per heavy atom. The summed E-state index contributed by atoms with van der Waals surface area (Å²) in [5.74, 6) is -1.09. The number of benzene rings is 2. The van der Waals surface area contributed by atoms with Crippen molar-refractivity contribution in [1.29, 1.82) is 0 Å². The van der Waals surface area contributed by atoms with Gasteiger partial charge in [0.25, 0.3) is 11.7 Å². The number of amides is 1. The highest BCUT2D eigenvalue weighted by Crippen LogP contribution is 2.42. The van der Waals surface area contributed by atoms with E-state index < -0.39 is 17.7 Å². The first-order chi connectivity index (χ1) is 18.1. The number of rotatable bonds is 8. The topological polar surface area (TPSA) is 79.3 Å². The number of ether oxygens (including phenoxy) is 2. The third kappa shape index (κ3) is 5.30. The molecule has 0 saturated carbocycles. The lowest BCUT2D eigenvalue weighted by molar-refractivity contribution is -0.140. The minimum Gasteiger partial charge on any atom is -0.507 e. The van der Waals surface area contributed by atoms with Gasteiger partial charge in [0.15, 0.2) is 0 Å². The Kier molecular flexibility index (Phi) is 8.16. The number of likely N-dealkylation sites (tertiary alicyclic amines) is 1. The van der Waals surface area contributed by atoms with E-state index in [9.17, 15) is 14.7 Å². The third-order valence-electron chi connectivity index (χ3n) is 7.62. The maximum absolute atomic E-state index is 13.5. The van der Waals surface area contributed by atoms with Crippen molar-refractivity contribution in [3.63, 3.8) is 0 Å². The number of methoxy groups -OCH3 is 1. The molecule has 2 heterocycles. The van der Waals surface area contributed by atoms with Gasteiger partial charge in [-0.3, -0.25) is 9.59 Å². The van der Waals surface area contributed by atoms with Gasteiger partial charge in [-0.25, -0.2) is 0 Å². The number of hydrogen-bond donors (Lipinski definition) is 1. The first-order valence-corrected chi connectivity index (χ1v) is 13.5. The number of carbonyl (C=O) groups is 2. The lowest BCUT2D eigenvalue weighted by atomic mass is 9.85. The van der Waals surface area contributed by atoms with Crippen LogP contribution in [0.15, 0.2) is 48.0 Å². The predicted octanol–water partition coefficient (Wildman–Crippen LogP) is 5.44. The summed E-state index contributed by atoms with van der Waals surface area (Å²) in [7, 11) is 1.53. The van der Waals surface area contributed by atoms with Crippen LogP contribution in [0.5, 0.6) is 5.75 Å². The van der Waals surface area contributed by atoms with Crippen LogP contribution in [0.2, 0.25) is 0 Å². The van der Waals surface area contributed by atoms with E-state index in [4.69, 9.17) is 9.47 Å². The van der Waals surface area contributed by atoms with Gasteiger partial charge in [0.05, 0.1) is 30.4 Å². The molecule has 0 aliphatic carbocycles. The molecule has 2 fully saturated rings. The van der Waals surface area contributed by atoms with Crippen molar-refractivity contribution in [3.05, 3.63) is 64.7 Å². The molecular formula is C31H40N2O5. The van der Waals surface area contributed by atoms with Crippen LogP contribution >= 0.6 is 0 Å². The zero-order chi connectivity index (χ0) is 27.6. The van der Waals surface area contributed by atoms with Crippen LogP contribution < -0.4 is 9.64 Å². The monoisotopic (exact) mass is 520 g/mol. The summed E-state index contributed by atoms with van der Waals surface area (Å²) >= 11 is 0. The van der Waals surface area contributed by atoms with E-state index in [0.29, 0.717) is 24.5 Å². The average molecular weight is 521 g/mol. The highest BCUT2D eigenvalue weighted by atomic mass is 16.5. The van der Waals surface area contributed by atoms with Crippen molar-refractivity contribution in [1.82, 2.24) is 4.90 Å². The first kappa shape index (κ1) is 27.7. The van der Waals surface area contributed by atoms with Crippen LogP contribution in [0, 0.1) is 0 Å². The maximum Gasteiger partial charge on any atom is 0.295 e. The van der Waals surface area contributed by atoms with Gasteiger partial charge >= 0.3 is 0 Å². The van der Waals surface area contributed by atoms with E-state index in [1.807, 2.05) is 36.4 Å². The summed E-state index contributed by atoms with van der Waals surface area (Å²) in [6, 6.07) is 12.8. The Bertz CT molecular complexity index is 1200. The van der Waals surface area contributed by atoms with Gasteiger partial charge in [-0.2, -0.15) is 0 Å². The molecule has 2 aromatic carbocycles. The van der Waals surface area contributed by atoms with E-state index in [1.54, 1.807) is 11.0 Å². The number of aliphatic hydroxyl groups excluding tert-OH is 1. The van der Waals surface area contributed by atoms with Crippen LogP contribution in [-0.4, -0.2) is 61.2 Å². The second kappa shape index (κ2) is 11.2. The molecule has 0 spiro atoms. The van der Waals surface area contributed by atoms with Crippen LogP contribution in [0.1, 0.15) is 70.2 Å².